The molecule has 7 heteroatoms. The van der Waals surface area contributed by atoms with Crippen molar-refractivity contribution in [2.24, 2.45) is 4.99 Å². The second kappa shape index (κ2) is 9.31. The molecule has 0 spiro atoms. The van der Waals surface area contributed by atoms with Crippen LogP contribution in [0.1, 0.15) is 18.9 Å². The predicted octanol–water partition coefficient (Wildman–Crippen LogP) is 1.57. The van der Waals surface area contributed by atoms with Crippen molar-refractivity contribution in [2.45, 2.75) is 32.0 Å². The largest absolute Gasteiger partial charge is 0.467 e. The highest BCUT2D eigenvalue weighted by Crippen LogP contribution is 2.05. The standard InChI is InChI=1S/C15H18N2O5/c1-11(8-13(16-10-18)14(19)21-2)17-15(20)22-9-12-6-4-3-5-7-12/h3-7,11,13H,8-9H2,1-2H3,(H,17,20)/t11-,13+/m0/s1. The average molecular weight is 306 g/mol. The lowest BCUT2D eigenvalue weighted by Gasteiger charge is -2.16. The van der Waals surface area contributed by atoms with Gasteiger partial charge >= 0.3 is 12.1 Å². The maximum Gasteiger partial charge on any atom is 0.407 e. The van der Waals surface area contributed by atoms with Gasteiger partial charge < -0.3 is 14.8 Å². The Morgan fingerprint density at radius 1 is 1.32 bits per heavy atom. The summed E-state index contributed by atoms with van der Waals surface area (Å²) >= 11 is 0. The fraction of sp³-hybridized carbons (Fsp3) is 0.400. The van der Waals surface area contributed by atoms with Crippen LogP contribution >= 0.6 is 0 Å². The molecule has 7 nitrogen and oxygen atoms in total. The van der Waals surface area contributed by atoms with Gasteiger partial charge in [-0.25, -0.2) is 14.4 Å². The highest BCUT2D eigenvalue weighted by molar-refractivity contribution is 5.77. The number of carbonyl (C=O) groups is 2. The summed E-state index contributed by atoms with van der Waals surface area (Å²) in [5, 5.41) is 2.56. The van der Waals surface area contributed by atoms with E-state index in [-0.39, 0.29) is 13.0 Å². The zero-order chi connectivity index (χ0) is 16.4. The molecule has 0 aromatic heterocycles. The maximum absolute atomic E-state index is 11.6. The zero-order valence-corrected chi connectivity index (χ0v) is 12.4. The van der Waals surface area contributed by atoms with Gasteiger partial charge in [0.2, 0.25) is 6.08 Å². The highest BCUT2D eigenvalue weighted by atomic mass is 16.5. The Labute approximate surface area is 128 Å². The van der Waals surface area contributed by atoms with Crippen LogP contribution in [0.25, 0.3) is 0 Å². The molecule has 1 aromatic carbocycles. The van der Waals surface area contributed by atoms with E-state index in [4.69, 9.17) is 4.74 Å². The molecule has 0 bridgehead atoms. The van der Waals surface area contributed by atoms with Gasteiger partial charge in [-0.1, -0.05) is 30.3 Å². The van der Waals surface area contributed by atoms with Crippen LogP contribution < -0.4 is 5.32 Å². The number of ether oxygens (including phenoxy) is 2. The molecule has 22 heavy (non-hydrogen) atoms. The first-order chi connectivity index (χ1) is 10.6. The number of alkyl carbamates (subject to hydrolysis) is 1. The Bertz CT molecular complexity index is 540. The van der Waals surface area contributed by atoms with Gasteiger partial charge in [0, 0.05) is 12.5 Å². The first kappa shape index (κ1) is 17.4. The lowest BCUT2D eigenvalue weighted by Crippen LogP contribution is -2.37. The summed E-state index contributed by atoms with van der Waals surface area (Å²) in [7, 11) is 1.20. The van der Waals surface area contributed by atoms with Crippen molar-refractivity contribution in [2.75, 3.05) is 7.11 Å². The van der Waals surface area contributed by atoms with Gasteiger partial charge in [-0.05, 0) is 12.5 Å². The lowest BCUT2D eigenvalue weighted by molar-refractivity contribution is -0.142. The fourth-order valence-electron chi connectivity index (χ4n) is 1.76. The van der Waals surface area contributed by atoms with Crippen LogP contribution in [0.2, 0.25) is 0 Å². The summed E-state index contributed by atoms with van der Waals surface area (Å²) in [6, 6.07) is 7.81. The van der Waals surface area contributed by atoms with E-state index in [9.17, 15) is 14.4 Å². The van der Waals surface area contributed by atoms with Crippen molar-refractivity contribution < 1.29 is 23.9 Å². The Hall–Kier alpha value is -2.66. The van der Waals surface area contributed by atoms with Crippen LogP contribution in [0, 0.1) is 0 Å². The first-order valence-electron chi connectivity index (χ1n) is 6.68. The first-order valence-corrected chi connectivity index (χ1v) is 6.68. The third-order valence-corrected chi connectivity index (χ3v) is 2.84. The molecule has 0 saturated heterocycles. The van der Waals surface area contributed by atoms with Crippen molar-refractivity contribution in [3.05, 3.63) is 35.9 Å². The van der Waals surface area contributed by atoms with E-state index in [2.05, 4.69) is 15.0 Å². The topological polar surface area (TPSA) is 94.1 Å². The van der Waals surface area contributed by atoms with Crippen LogP contribution in [0.5, 0.6) is 0 Å². The summed E-state index contributed by atoms with van der Waals surface area (Å²) in [6.45, 7) is 1.81. The molecule has 0 aliphatic carbocycles. The van der Waals surface area contributed by atoms with Crippen LogP contribution in [0.15, 0.2) is 35.3 Å². The molecule has 118 valence electrons. The highest BCUT2D eigenvalue weighted by Gasteiger charge is 2.22. The van der Waals surface area contributed by atoms with E-state index in [1.165, 1.54) is 13.2 Å². The van der Waals surface area contributed by atoms with Crippen molar-refractivity contribution in [3.63, 3.8) is 0 Å². The molecule has 0 aliphatic heterocycles. The Kier molecular flexibility index (Phi) is 7.36. The van der Waals surface area contributed by atoms with E-state index in [0.29, 0.717) is 0 Å². The molecule has 1 aromatic rings. The van der Waals surface area contributed by atoms with Crippen molar-refractivity contribution >= 4 is 18.1 Å². The Morgan fingerprint density at radius 3 is 2.59 bits per heavy atom. The molecule has 0 fully saturated rings. The van der Waals surface area contributed by atoms with Crippen molar-refractivity contribution in [3.8, 4) is 0 Å². The molecule has 0 saturated carbocycles. The summed E-state index contributed by atoms with van der Waals surface area (Å²) < 4.78 is 9.57. The molecule has 1 amide bonds. The number of rotatable bonds is 7. The molecular formula is C15H18N2O5. The molecule has 1 rings (SSSR count). The minimum Gasteiger partial charge on any atom is -0.467 e. The monoisotopic (exact) mass is 306 g/mol. The number of esters is 1. The third kappa shape index (κ3) is 6.19. The van der Waals surface area contributed by atoms with Crippen molar-refractivity contribution in [1.29, 1.82) is 0 Å². The number of hydrogen-bond acceptors (Lipinski definition) is 6. The fourth-order valence-corrected chi connectivity index (χ4v) is 1.76. The van der Waals surface area contributed by atoms with Crippen LogP contribution in [0.3, 0.4) is 0 Å². The SMILES string of the molecule is COC(=O)[C@@H](C[C@H](C)NC(=O)OCc1ccccc1)N=C=O. The summed E-state index contributed by atoms with van der Waals surface area (Å²) in [4.78, 5) is 36.7. The Morgan fingerprint density at radius 2 is 2.00 bits per heavy atom. The molecule has 0 heterocycles. The van der Waals surface area contributed by atoms with Crippen molar-refractivity contribution in [1.82, 2.24) is 5.32 Å². The number of amides is 1. The minimum atomic E-state index is -0.994. The van der Waals surface area contributed by atoms with Gasteiger partial charge in [0.15, 0.2) is 6.04 Å². The van der Waals surface area contributed by atoms with E-state index in [0.717, 1.165) is 5.56 Å². The molecular weight excluding hydrogens is 288 g/mol. The number of hydrogen-bond donors (Lipinski definition) is 1. The molecule has 1 N–H and O–H groups in total. The predicted molar refractivity (Wildman–Crippen MR) is 77.8 cm³/mol. The molecule has 0 aliphatic rings. The van der Waals surface area contributed by atoms with Gasteiger partial charge in [0.05, 0.1) is 7.11 Å². The van der Waals surface area contributed by atoms with E-state index in [1.807, 2.05) is 30.3 Å². The maximum atomic E-state index is 11.6. The quantitative estimate of drug-likeness (QED) is 0.469. The van der Waals surface area contributed by atoms with Gasteiger partial charge in [-0.15, -0.1) is 0 Å². The normalized spacial score (nSPS) is 12.5. The molecule has 0 unspecified atom stereocenters. The number of nitrogens with zero attached hydrogens (tertiary/aromatic N) is 1. The van der Waals surface area contributed by atoms with Gasteiger partial charge in [-0.2, -0.15) is 4.99 Å². The summed E-state index contributed by atoms with van der Waals surface area (Å²) in [6.07, 6.45) is 0.816. The number of aliphatic imine (C=N–C) groups is 1. The Balaban J connectivity index is 2.42. The van der Waals surface area contributed by atoms with E-state index in [1.54, 1.807) is 6.92 Å². The van der Waals surface area contributed by atoms with Crippen LogP contribution in [-0.4, -0.2) is 37.3 Å². The molecule has 0 radical (unpaired) electrons. The number of isocyanates is 1. The smallest absolute Gasteiger partial charge is 0.407 e. The van der Waals surface area contributed by atoms with Gasteiger partial charge in [0.1, 0.15) is 6.61 Å². The second-order valence-electron chi connectivity index (χ2n) is 4.60. The van der Waals surface area contributed by atoms with Crippen LogP contribution in [0.4, 0.5) is 4.79 Å². The minimum absolute atomic E-state index is 0.113. The van der Waals surface area contributed by atoms with E-state index >= 15 is 0 Å². The second-order valence-corrected chi connectivity index (χ2v) is 4.60. The summed E-state index contributed by atoms with van der Waals surface area (Å²) in [5.41, 5.74) is 0.864. The van der Waals surface area contributed by atoms with Gasteiger partial charge in [-0.3, -0.25) is 0 Å². The third-order valence-electron chi connectivity index (χ3n) is 2.84. The zero-order valence-electron chi connectivity index (χ0n) is 12.4. The van der Waals surface area contributed by atoms with Crippen LogP contribution in [-0.2, 0) is 25.7 Å². The number of methoxy groups -OCH3 is 1. The molecule has 2 atom stereocenters. The lowest BCUT2D eigenvalue weighted by atomic mass is 10.1. The number of benzene rings is 1. The average Bonchev–Trinajstić information content (AvgIpc) is 2.52. The van der Waals surface area contributed by atoms with E-state index < -0.39 is 24.1 Å². The number of nitrogens with one attached hydrogen (secondary N) is 1. The summed E-state index contributed by atoms with van der Waals surface area (Å²) in [5.74, 6) is -0.658. The number of carbonyl (C=O) groups excluding carboxylic acids is 3. The van der Waals surface area contributed by atoms with Gasteiger partial charge in [0.25, 0.3) is 0 Å².